The van der Waals surface area contributed by atoms with Crippen LogP contribution >= 0.6 is 11.3 Å². The van der Waals surface area contributed by atoms with E-state index in [9.17, 15) is 0 Å². The lowest BCUT2D eigenvalue weighted by atomic mass is 9.94. The first kappa shape index (κ1) is 30.8. The van der Waals surface area contributed by atoms with Crippen molar-refractivity contribution in [2.24, 2.45) is 0 Å². The molecule has 1 aromatic heterocycles. The second-order valence-corrected chi connectivity index (χ2v) is 15.1. The summed E-state index contributed by atoms with van der Waals surface area (Å²) in [4.78, 5) is 2.42. The van der Waals surface area contributed by atoms with Crippen LogP contribution in [0.15, 0.2) is 200 Å². The molecule has 0 aliphatic heterocycles. The molecule has 0 aliphatic carbocycles. The van der Waals surface area contributed by atoms with Gasteiger partial charge >= 0.3 is 0 Å². The van der Waals surface area contributed by atoms with E-state index in [0.717, 1.165) is 11.4 Å². The van der Waals surface area contributed by atoms with E-state index < -0.39 is 0 Å². The Kier molecular flexibility index (Phi) is 7.11. The Bertz CT molecular complexity index is 3200. The molecule has 11 rings (SSSR count). The Morgan fingerprint density at radius 3 is 1.69 bits per heavy atom. The maximum absolute atomic E-state index is 2.42. The molecule has 0 N–H and O–H groups in total. The van der Waals surface area contributed by atoms with E-state index in [2.05, 4.69) is 205 Å². The normalized spacial score (nSPS) is 11.7. The van der Waals surface area contributed by atoms with E-state index >= 15 is 0 Å². The lowest BCUT2D eigenvalue weighted by Crippen LogP contribution is -2.10. The summed E-state index contributed by atoms with van der Waals surface area (Å²) in [5.74, 6) is 0. The van der Waals surface area contributed by atoms with Gasteiger partial charge in [0.05, 0.1) is 10.4 Å². The molecule has 54 heavy (non-hydrogen) atoms. The maximum Gasteiger partial charge on any atom is 0.0640 e. The van der Waals surface area contributed by atoms with E-state index in [1.165, 1.54) is 91.2 Å². The average molecular weight is 704 g/mol. The number of anilines is 3. The van der Waals surface area contributed by atoms with Gasteiger partial charge in [0, 0.05) is 26.8 Å². The minimum atomic E-state index is 1.12. The quantitative estimate of drug-likeness (QED) is 0.161. The Morgan fingerprint density at radius 2 is 0.889 bits per heavy atom. The van der Waals surface area contributed by atoms with Crippen molar-refractivity contribution in [2.75, 3.05) is 4.90 Å². The van der Waals surface area contributed by atoms with E-state index in [1.54, 1.807) is 0 Å². The van der Waals surface area contributed by atoms with Crippen LogP contribution in [0.1, 0.15) is 0 Å². The second-order valence-electron chi connectivity index (χ2n) is 14.1. The van der Waals surface area contributed by atoms with E-state index in [1.807, 2.05) is 11.3 Å². The fourth-order valence-corrected chi connectivity index (χ4v) is 9.63. The number of thiophene rings is 1. The molecule has 0 fully saturated rings. The molecule has 11 aromatic rings. The zero-order valence-corrected chi connectivity index (χ0v) is 30.2. The predicted molar refractivity (Wildman–Crippen MR) is 235 cm³/mol. The molecule has 1 heterocycles. The van der Waals surface area contributed by atoms with Gasteiger partial charge in [-0.3, -0.25) is 0 Å². The highest BCUT2D eigenvalue weighted by Crippen LogP contribution is 2.45. The third-order valence-electron chi connectivity index (χ3n) is 11.0. The van der Waals surface area contributed by atoms with Crippen LogP contribution in [-0.4, -0.2) is 0 Å². The largest absolute Gasteiger partial charge is 0.309 e. The first-order valence-electron chi connectivity index (χ1n) is 18.5. The maximum atomic E-state index is 2.42. The van der Waals surface area contributed by atoms with Crippen molar-refractivity contribution in [1.82, 2.24) is 0 Å². The topological polar surface area (TPSA) is 3.24 Å². The number of nitrogens with zero attached hydrogens (tertiary/aromatic N) is 1. The molecular weight excluding hydrogens is 671 g/mol. The van der Waals surface area contributed by atoms with Crippen LogP contribution < -0.4 is 4.90 Å². The third kappa shape index (κ3) is 4.99. The van der Waals surface area contributed by atoms with Gasteiger partial charge in [0.25, 0.3) is 0 Å². The van der Waals surface area contributed by atoms with Crippen LogP contribution in [-0.2, 0) is 0 Å². The lowest BCUT2D eigenvalue weighted by molar-refractivity contribution is 1.30. The molecular formula is C52H33NS. The zero-order chi connectivity index (χ0) is 35.6. The molecule has 10 aromatic carbocycles. The Labute approximate surface area is 317 Å². The molecule has 0 unspecified atom stereocenters. The standard InChI is InChI=1S/C52H33NS/c1-3-12-43-35(9-1)11-7-15-44(43)37-25-30-42(31-26-37)53(49-17-8-16-48-47-14-5-6-18-50(47)54-52(48)49)41-28-23-34(24-29-41)39-27-32-46-40(33-39)22-21-38-20-19-36-10-2-4-13-45(36)51(38)46/h1-33H. The van der Waals surface area contributed by atoms with Gasteiger partial charge in [0.15, 0.2) is 0 Å². The molecule has 0 saturated carbocycles. The molecule has 0 aliphatic rings. The fourth-order valence-electron chi connectivity index (χ4n) is 8.42. The van der Waals surface area contributed by atoms with Crippen LogP contribution in [0.3, 0.4) is 0 Å². The minimum absolute atomic E-state index is 1.12. The summed E-state index contributed by atoms with van der Waals surface area (Å²) in [6.07, 6.45) is 0. The van der Waals surface area contributed by atoms with Gasteiger partial charge in [-0.15, -0.1) is 11.3 Å². The summed E-state index contributed by atoms with van der Waals surface area (Å²) in [6, 6.07) is 73.5. The van der Waals surface area contributed by atoms with Crippen molar-refractivity contribution in [3.8, 4) is 22.3 Å². The number of fused-ring (bicyclic) bond motifs is 9. The van der Waals surface area contributed by atoms with Crippen molar-refractivity contribution in [3.63, 3.8) is 0 Å². The highest BCUT2D eigenvalue weighted by Gasteiger charge is 2.19. The number of rotatable bonds is 5. The van der Waals surface area contributed by atoms with Crippen LogP contribution in [0.25, 0.3) is 85.5 Å². The molecule has 0 radical (unpaired) electrons. The van der Waals surface area contributed by atoms with Gasteiger partial charge in [0.2, 0.25) is 0 Å². The molecule has 0 spiro atoms. The van der Waals surface area contributed by atoms with Crippen LogP contribution in [0.2, 0.25) is 0 Å². The molecule has 0 bridgehead atoms. The van der Waals surface area contributed by atoms with E-state index in [4.69, 9.17) is 0 Å². The van der Waals surface area contributed by atoms with Crippen LogP contribution in [0, 0.1) is 0 Å². The summed E-state index contributed by atoms with van der Waals surface area (Å²) in [5, 5.41) is 12.8. The van der Waals surface area contributed by atoms with Crippen molar-refractivity contribution in [3.05, 3.63) is 200 Å². The van der Waals surface area contributed by atoms with E-state index in [0.29, 0.717) is 0 Å². The predicted octanol–water partition coefficient (Wildman–Crippen LogP) is 15.5. The first-order valence-corrected chi connectivity index (χ1v) is 19.3. The van der Waals surface area contributed by atoms with Gasteiger partial charge in [0.1, 0.15) is 0 Å². The summed E-state index contributed by atoms with van der Waals surface area (Å²) in [7, 11) is 0. The first-order chi connectivity index (χ1) is 26.8. The lowest BCUT2D eigenvalue weighted by Gasteiger charge is -2.26. The summed E-state index contributed by atoms with van der Waals surface area (Å²) in [5.41, 5.74) is 8.31. The van der Waals surface area contributed by atoms with Gasteiger partial charge in [-0.2, -0.15) is 0 Å². The molecule has 2 heteroatoms. The summed E-state index contributed by atoms with van der Waals surface area (Å²) >= 11 is 1.87. The average Bonchev–Trinajstić information content (AvgIpc) is 3.63. The Balaban J connectivity index is 1.03. The van der Waals surface area contributed by atoms with Crippen molar-refractivity contribution in [2.45, 2.75) is 0 Å². The third-order valence-corrected chi connectivity index (χ3v) is 12.2. The Morgan fingerprint density at radius 1 is 0.333 bits per heavy atom. The van der Waals surface area contributed by atoms with Gasteiger partial charge in [-0.1, -0.05) is 158 Å². The summed E-state index contributed by atoms with van der Waals surface area (Å²) < 4.78 is 2.59. The molecule has 0 amide bonds. The van der Waals surface area contributed by atoms with E-state index in [-0.39, 0.29) is 0 Å². The molecule has 0 saturated heterocycles. The zero-order valence-electron chi connectivity index (χ0n) is 29.4. The number of hydrogen-bond donors (Lipinski definition) is 0. The SMILES string of the molecule is c1ccc2c(-c3ccc(N(c4ccc(-c5ccc6c(ccc7ccc8ccccc8c76)c5)cc4)c4cccc5c4sc4ccccc45)cc3)cccc2c1. The van der Waals surface area contributed by atoms with Crippen LogP contribution in [0.5, 0.6) is 0 Å². The molecule has 0 atom stereocenters. The summed E-state index contributed by atoms with van der Waals surface area (Å²) in [6.45, 7) is 0. The highest BCUT2D eigenvalue weighted by molar-refractivity contribution is 7.26. The number of hydrogen-bond acceptors (Lipinski definition) is 2. The minimum Gasteiger partial charge on any atom is -0.309 e. The molecule has 1 nitrogen and oxygen atoms in total. The van der Waals surface area contributed by atoms with Gasteiger partial charge < -0.3 is 4.90 Å². The number of benzene rings is 10. The monoisotopic (exact) mass is 703 g/mol. The fraction of sp³-hybridized carbons (Fsp3) is 0. The van der Waals surface area contributed by atoms with Crippen LogP contribution in [0.4, 0.5) is 17.1 Å². The second kappa shape index (κ2) is 12.4. The smallest absolute Gasteiger partial charge is 0.0640 e. The van der Waals surface area contributed by atoms with Gasteiger partial charge in [-0.05, 0) is 108 Å². The van der Waals surface area contributed by atoms with Crippen molar-refractivity contribution >= 4 is 91.7 Å². The Hall–Kier alpha value is -6.74. The highest BCUT2D eigenvalue weighted by atomic mass is 32.1. The van der Waals surface area contributed by atoms with Gasteiger partial charge in [-0.25, -0.2) is 0 Å². The molecule has 252 valence electrons. The van der Waals surface area contributed by atoms with Crippen molar-refractivity contribution in [1.29, 1.82) is 0 Å². The van der Waals surface area contributed by atoms with Crippen molar-refractivity contribution < 1.29 is 0 Å².